The Balaban J connectivity index is 1.53. The SMILES string of the molecule is CN(C)C1CCN(Cc2cccc(-c3cnc4[nH]cc(CC(C)(C)C=O)c4n3)c2)CC1. The van der Waals surface area contributed by atoms with Crippen molar-refractivity contribution in [3.8, 4) is 11.3 Å². The average molecular weight is 420 g/mol. The van der Waals surface area contributed by atoms with Gasteiger partial charge in [0.15, 0.2) is 5.65 Å². The second-order valence-corrected chi connectivity index (χ2v) is 9.72. The highest BCUT2D eigenvalue weighted by molar-refractivity contribution is 5.78. The van der Waals surface area contributed by atoms with Gasteiger partial charge in [-0.05, 0) is 63.6 Å². The number of fused-ring (bicyclic) bond motifs is 1. The summed E-state index contributed by atoms with van der Waals surface area (Å²) in [5, 5.41) is 0. The van der Waals surface area contributed by atoms with Crippen LogP contribution in [0.25, 0.3) is 22.4 Å². The Morgan fingerprint density at radius 3 is 2.74 bits per heavy atom. The van der Waals surface area contributed by atoms with Crippen LogP contribution in [0.15, 0.2) is 36.7 Å². The summed E-state index contributed by atoms with van der Waals surface area (Å²) in [6.07, 6.45) is 7.85. The maximum Gasteiger partial charge on any atom is 0.156 e. The van der Waals surface area contributed by atoms with Crippen LogP contribution in [0.3, 0.4) is 0 Å². The van der Waals surface area contributed by atoms with Crippen molar-refractivity contribution in [3.63, 3.8) is 0 Å². The van der Waals surface area contributed by atoms with Gasteiger partial charge in [0.05, 0.1) is 11.9 Å². The van der Waals surface area contributed by atoms with Crippen molar-refractivity contribution in [2.24, 2.45) is 5.41 Å². The molecule has 1 aromatic carbocycles. The van der Waals surface area contributed by atoms with E-state index in [2.05, 4.69) is 58.1 Å². The van der Waals surface area contributed by atoms with Gasteiger partial charge >= 0.3 is 0 Å². The molecule has 31 heavy (non-hydrogen) atoms. The van der Waals surface area contributed by atoms with Crippen LogP contribution in [-0.2, 0) is 17.8 Å². The number of benzene rings is 1. The van der Waals surface area contributed by atoms with E-state index in [1.54, 1.807) is 0 Å². The molecule has 4 rings (SSSR count). The zero-order chi connectivity index (χ0) is 22.0. The summed E-state index contributed by atoms with van der Waals surface area (Å²) in [4.78, 5) is 28.9. The molecule has 3 heterocycles. The van der Waals surface area contributed by atoms with Crippen LogP contribution in [0.1, 0.15) is 37.8 Å². The lowest BCUT2D eigenvalue weighted by Gasteiger charge is -2.35. The highest BCUT2D eigenvalue weighted by Crippen LogP contribution is 2.27. The molecule has 1 fully saturated rings. The van der Waals surface area contributed by atoms with Crippen molar-refractivity contribution in [1.29, 1.82) is 0 Å². The van der Waals surface area contributed by atoms with E-state index in [4.69, 9.17) is 4.98 Å². The summed E-state index contributed by atoms with van der Waals surface area (Å²) in [6.45, 7) is 7.13. The zero-order valence-corrected chi connectivity index (χ0v) is 19.1. The number of hydrogen-bond donors (Lipinski definition) is 1. The van der Waals surface area contributed by atoms with Crippen molar-refractivity contribution >= 4 is 17.5 Å². The number of carbonyl (C=O) groups is 1. The number of nitrogens with zero attached hydrogens (tertiary/aromatic N) is 4. The van der Waals surface area contributed by atoms with Crippen molar-refractivity contribution < 1.29 is 4.79 Å². The highest BCUT2D eigenvalue weighted by Gasteiger charge is 2.22. The Hall–Kier alpha value is -2.57. The molecule has 0 bridgehead atoms. The van der Waals surface area contributed by atoms with Gasteiger partial charge in [0.2, 0.25) is 0 Å². The smallest absolute Gasteiger partial charge is 0.156 e. The van der Waals surface area contributed by atoms with E-state index in [0.29, 0.717) is 12.5 Å². The van der Waals surface area contributed by atoms with Gasteiger partial charge in [-0.1, -0.05) is 32.0 Å². The maximum absolute atomic E-state index is 11.4. The number of aldehydes is 1. The molecule has 6 nitrogen and oxygen atoms in total. The molecule has 0 atom stereocenters. The minimum absolute atomic E-state index is 0.424. The minimum atomic E-state index is -0.424. The standard InChI is InChI=1S/C25H33N5O/c1-25(2,17-31)13-20-14-26-24-23(20)28-22(15-27-24)19-7-5-6-18(12-19)16-30-10-8-21(9-11-30)29(3)4/h5-7,12,14-15,17,21H,8-11,13,16H2,1-4H3,(H,26,27). The Bertz CT molecular complexity index is 1050. The number of nitrogens with one attached hydrogen (secondary N) is 1. The van der Waals surface area contributed by atoms with Gasteiger partial charge in [0.25, 0.3) is 0 Å². The van der Waals surface area contributed by atoms with E-state index in [0.717, 1.165) is 53.9 Å². The van der Waals surface area contributed by atoms with Crippen molar-refractivity contribution in [2.75, 3.05) is 27.2 Å². The molecule has 164 valence electrons. The zero-order valence-electron chi connectivity index (χ0n) is 19.1. The molecule has 1 saturated heterocycles. The fraction of sp³-hybridized carbons (Fsp3) is 0.480. The lowest BCUT2D eigenvalue weighted by atomic mass is 9.88. The predicted molar refractivity (Wildman–Crippen MR) is 125 cm³/mol. The molecule has 0 amide bonds. The number of hydrogen-bond acceptors (Lipinski definition) is 5. The summed E-state index contributed by atoms with van der Waals surface area (Å²) in [5.74, 6) is 0. The molecular weight excluding hydrogens is 386 g/mol. The van der Waals surface area contributed by atoms with E-state index >= 15 is 0 Å². The van der Waals surface area contributed by atoms with Gasteiger partial charge in [-0.3, -0.25) is 4.90 Å². The number of likely N-dealkylation sites (tertiary alicyclic amines) is 1. The fourth-order valence-electron chi connectivity index (χ4n) is 4.43. The maximum atomic E-state index is 11.4. The first-order valence-electron chi connectivity index (χ1n) is 11.1. The molecule has 1 aliphatic rings. The Labute approximate surface area is 184 Å². The molecule has 0 spiro atoms. The summed E-state index contributed by atoms with van der Waals surface area (Å²) < 4.78 is 0. The third kappa shape index (κ3) is 5.02. The van der Waals surface area contributed by atoms with Crippen molar-refractivity contribution in [1.82, 2.24) is 24.8 Å². The molecular formula is C25H33N5O. The number of rotatable bonds is 7. The van der Waals surface area contributed by atoms with Gasteiger partial charge in [-0.2, -0.15) is 0 Å². The first-order chi connectivity index (χ1) is 14.8. The molecule has 3 aromatic rings. The lowest BCUT2D eigenvalue weighted by Crippen LogP contribution is -2.41. The van der Waals surface area contributed by atoms with Crippen LogP contribution in [0, 0.1) is 5.41 Å². The quantitative estimate of drug-likeness (QED) is 0.588. The first-order valence-corrected chi connectivity index (χ1v) is 11.1. The van der Waals surface area contributed by atoms with Crippen LogP contribution < -0.4 is 0 Å². The van der Waals surface area contributed by atoms with Crippen molar-refractivity contribution in [2.45, 2.75) is 45.7 Å². The van der Waals surface area contributed by atoms with Gasteiger partial charge in [-0.15, -0.1) is 0 Å². The Kier molecular flexibility index (Phi) is 6.21. The fourth-order valence-corrected chi connectivity index (χ4v) is 4.43. The normalized spacial score (nSPS) is 16.3. The summed E-state index contributed by atoms with van der Waals surface area (Å²) in [6, 6.07) is 9.33. The van der Waals surface area contributed by atoms with Crippen LogP contribution in [0.5, 0.6) is 0 Å². The van der Waals surface area contributed by atoms with Crippen LogP contribution in [-0.4, -0.2) is 64.3 Å². The van der Waals surface area contributed by atoms with Gasteiger partial charge in [-0.25, -0.2) is 9.97 Å². The molecule has 2 aromatic heterocycles. The third-order valence-electron chi connectivity index (χ3n) is 6.34. The second-order valence-electron chi connectivity index (χ2n) is 9.72. The lowest BCUT2D eigenvalue weighted by molar-refractivity contribution is -0.114. The van der Waals surface area contributed by atoms with Gasteiger partial charge in [0, 0.05) is 29.8 Å². The monoisotopic (exact) mass is 419 g/mol. The number of H-pyrrole nitrogens is 1. The summed E-state index contributed by atoms with van der Waals surface area (Å²) in [7, 11) is 4.36. The van der Waals surface area contributed by atoms with E-state index in [1.165, 1.54) is 18.4 Å². The highest BCUT2D eigenvalue weighted by atomic mass is 16.1. The molecule has 0 unspecified atom stereocenters. The average Bonchev–Trinajstić information content (AvgIpc) is 3.15. The molecule has 6 heteroatoms. The largest absolute Gasteiger partial charge is 0.345 e. The molecule has 0 radical (unpaired) electrons. The minimum Gasteiger partial charge on any atom is -0.345 e. The number of aromatic nitrogens is 3. The van der Waals surface area contributed by atoms with E-state index in [1.807, 2.05) is 26.2 Å². The third-order valence-corrected chi connectivity index (χ3v) is 6.34. The number of piperidine rings is 1. The second kappa shape index (κ2) is 8.89. The molecule has 1 N–H and O–H groups in total. The van der Waals surface area contributed by atoms with E-state index < -0.39 is 5.41 Å². The van der Waals surface area contributed by atoms with E-state index in [-0.39, 0.29) is 0 Å². The number of carbonyl (C=O) groups excluding carboxylic acids is 1. The predicted octanol–water partition coefficient (Wildman–Crippen LogP) is 3.92. The first kappa shape index (κ1) is 21.7. The van der Waals surface area contributed by atoms with Gasteiger partial charge < -0.3 is 14.7 Å². The number of aromatic amines is 1. The Morgan fingerprint density at radius 1 is 1.26 bits per heavy atom. The topological polar surface area (TPSA) is 65.1 Å². The molecule has 0 saturated carbocycles. The molecule has 0 aliphatic carbocycles. The van der Waals surface area contributed by atoms with E-state index in [9.17, 15) is 4.79 Å². The van der Waals surface area contributed by atoms with Gasteiger partial charge in [0.1, 0.15) is 11.8 Å². The van der Waals surface area contributed by atoms with Crippen LogP contribution in [0.4, 0.5) is 0 Å². The van der Waals surface area contributed by atoms with Crippen LogP contribution >= 0.6 is 0 Å². The molecule has 1 aliphatic heterocycles. The Morgan fingerprint density at radius 2 is 2.03 bits per heavy atom. The summed E-state index contributed by atoms with van der Waals surface area (Å²) in [5.41, 5.74) is 5.47. The van der Waals surface area contributed by atoms with Crippen LogP contribution in [0.2, 0.25) is 0 Å². The van der Waals surface area contributed by atoms with Crippen molar-refractivity contribution in [3.05, 3.63) is 47.8 Å². The summed E-state index contributed by atoms with van der Waals surface area (Å²) >= 11 is 0.